The number of benzene rings is 1. The van der Waals surface area contributed by atoms with Crippen LogP contribution in [0.15, 0.2) is 28.3 Å². The van der Waals surface area contributed by atoms with Gasteiger partial charge in [0.05, 0.1) is 12.1 Å². The summed E-state index contributed by atoms with van der Waals surface area (Å²) in [6.07, 6.45) is 3.36. The van der Waals surface area contributed by atoms with Crippen LogP contribution in [0.4, 0.5) is 10.1 Å². The lowest BCUT2D eigenvalue weighted by Crippen LogP contribution is -2.03. The van der Waals surface area contributed by atoms with Crippen LogP contribution >= 0.6 is 11.6 Å². The van der Waals surface area contributed by atoms with Crippen molar-refractivity contribution in [3.63, 3.8) is 0 Å². The number of hydrogen-bond donors (Lipinski definition) is 0. The Morgan fingerprint density at radius 3 is 2.71 bits per heavy atom. The standard InChI is InChI=1S/C15H13ClFNO3/c1-20-13-7-12(11(17)6-10(13)16)18-14-8-4-2-3-5-9(8)15(19)21-14/h6-7H,2-5H2,1H3. The molecule has 0 bridgehead atoms. The van der Waals surface area contributed by atoms with E-state index in [0.29, 0.717) is 17.7 Å². The summed E-state index contributed by atoms with van der Waals surface area (Å²) in [5.41, 5.74) is 1.50. The van der Waals surface area contributed by atoms with Gasteiger partial charge in [0.2, 0.25) is 5.90 Å². The van der Waals surface area contributed by atoms with Crippen molar-refractivity contribution in [1.29, 1.82) is 0 Å². The van der Waals surface area contributed by atoms with Crippen molar-refractivity contribution in [3.05, 3.63) is 34.1 Å². The Bertz CT molecular complexity index is 682. The van der Waals surface area contributed by atoms with E-state index < -0.39 is 5.82 Å². The van der Waals surface area contributed by atoms with E-state index in [9.17, 15) is 9.18 Å². The van der Waals surface area contributed by atoms with Gasteiger partial charge in [-0.3, -0.25) is 0 Å². The predicted molar refractivity (Wildman–Crippen MR) is 76.6 cm³/mol. The smallest absolute Gasteiger partial charge is 0.341 e. The minimum absolute atomic E-state index is 0.0402. The minimum Gasteiger partial charge on any atom is -0.495 e. The van der Waals surface area contributed by atoms with Crippen molar-refractivity contribution < 1.29 is 18.7 Å². The lowest BCUT2D eigenvalue weighted by Gasteiger charge is -2.10. The monoisotopic (exact) mass is 309 g/mol. The highest BCUT2D eigenvalue weighted by Gasteiger charge is 2.32. The molecule has 0 aromatic heterocycles. The van der Waals surface area contributed by atoms with Crippen molar-refractivity contribution in [2.45, 2.75) is 25.7 Å². The molecule has 1 heterocycles. The normalized spacial score (nSPS) is 19.8. The first-order valence-electron chi connectivity index (χ1n) is 6.66. The number of cyclic esters (lactones) is 1. The van der Waals surface area contributed by atoms with Gasteiger partial charge in [0.1, 0.15) is 11.4 Å². The Hall–Kier alpha value is -1.88. The summed E-state index contributed by atoms with van der Waals surface area (Å²) in [5.74, 6) is -0.448. The maximum absolute atomic E-state index is 13.9. The molecule has 0 fully saturated rings. The number of nitrogens with zero attached hydrogens (tertiary/aromatic N) is 1. The molecule has 0 N–H and O–H groups in total. The van der Waals surface area contributed by atoms with E-state index in [-0.39, 0.29) is 22.6 Å². The van der Waals surface area contributed by atoms with Gasteiger partial charge < -0.3 is 9.47 Å². The molecule has 0 radical (unpaired) electrons. The zero-order valence-electron chi connectivity index (χ0n) is 11.4. The number of carbonyl (C=O) groups excluding carboxylic acids is 1. The quantitative estimate of drug-likeness (QED) is 0.777. The SMILES string of the molecule is COc1cc(N=C2OC(=O)C3=C2CCCC3)c(F)cc1Cl. The number of carbonyl (C=O) groups is 1. The predicted octanol–water partition coefficient (Wildman–Crippen LogP) is 3.95. The summed E-state index contributed by atoms with van der Waals surface area (Å²) in [5, 5.41) is 0.167. The van der Waals surface area contributed by atoms with E-state index in [4.69, 9.17) is 21.1 Å². The number of hydrogen-bond acceptors (Lipinski definition) is 4. The molecule has 1 aromatic rings. The summed E-state index contributed by atoms with van der Waals surface area (Å²) >= 11 is 5.84. The van der Waals surface area contributed by atoms with Gasteiger partial charge in [-0.05, 0) is 31.7 Å². The maximum atomic E-state index is 13.9. The Balaban J connectivity index is 2.03. The van der Waals surface area contributed by atoms with Crippen LogP contribution in [0.25, 0.3) is 0 Å². The Kier molecular flexibility index (Phi) is 3.68. The second kappa shape index (κ2) is 5.48. The number of rotatable bonds is 2. The molecule has 21 heavy (non-hydrogen) atoms. The number of ether oxygens (including phenoxy) is 2. The Morgan fingerprint density at radius 2 is 2.00 bits per heavy atom. The molecule has 2 aliphatic rings. The first-order valence-corrected chi connectivity index (χ1v) is 7.04. The second-order valence-electron chi connectivity index (χ2n) is 4.91. The average molecular weight is 310 g/mol. The van der Waals surface area contributed by atoms with Gasteiger partial charge in [0.15, 0.2) is 5.82 Å². The number of aliphatic imine (C=N–C) groups is 1. The van der Waals surface area contributed by atoms with Crippen LogP contribution in [0.3, 0.4) is 0 Å². The van der Waals surface area contributed by atoms with Crippen LogP contribution in [0.1, 0.15) is 25.7 Å². The van der Waals surface area contributed by atoms with E-state index in [1.54, 1.807) is 0 Å². The zero-order valence-corrected chi connectivity index (χ0v) is 12.2. The van der Waals surface area contributed by atoms with E-state index >= 15 is 0 Å². The lowest BCUT2D eigenvalue weighted by molar-refractivity contribution is -0.130. The van der Waals surface area contributed by atoms with Gasteiger partial charge in [0.25, 0.3) is 0 Å². The molecule has 1 aliphatic carbocycles. The van der Waals surface area contributed by atoms with E-state index in [0.717, 1.165) is 30.9 Å². The third kappa shape index (κ3) is 2.53. The molecule has 0 saturated heterocycles. The molecule has 4 nitrogen and oxygen atoms in total. The first-order chi connectivity index (χ1) is 10.1. The molecule has 0 atom stereocenters. The topological polar surface area (TPSA) is 47.9 Å². The Labute approximate surface area is 126 Å². The van der Waals surface area contributed by atoms with Crippen LogP contribution in [-0.4, -0.2) is 19.0 Å². The molecule has 110 valence electrons. The molecular formula is C15H13ClFNO3. The summed E-state index contributed by atoms with van der Waals surface area (Å²) < 4.78 is 24.2. The van der Waals surface area contributed by atoms with Crippen LogP contribution in [0.2, 0.25) is 5.02 Å². The first kappa shape index (κ1) is 14.1. The van der Waals surface area contributed by atoms with E-state index in [1.807, 2.05) is 0 Å². The van der Waals surface area contributed by atoms with Crippen LogP contribution in [0.5, 0.6) is 5.75 Å². The van der Waals surface area contributed by atoms with Gasteiger partial charge in [-0.2, -0.15) is 0 Å². The largest absolute Gasteiger partial charge is 0.495 e. The van der Waals surface area contributed by atoms with E-state index in [1.165, 1.54) is 13.2 Å². The number of methoxy groups -OCH3 is 1. The summed E-state index contributed by atoms with van der Waals surface area (Å²) in [6.45, 7) is 0. The van der Waals surface area contributed by atoms with Crippen molar-refractivity contribution >= 4 is 29.2 Å². The number of esters is 1. The third-order valence-corrected chi connectivity index (χ3v) is 3.90. The minimum atomic E-state index is -0.589. The van der Waals surface area contributed by atoms with Crippen molar-refractivity contribution in [3.8, 4) is 5.75 Å². The maximum Gasteiger partial charge on any atom is 0.341 e. The van der Waals surface area contributed by atoms with Crippen LogP contribution in [0, 0.1) is 5.82 Å². The van der Waals surface area contributed by atoms with Crippen molar-refractivity contribution in [1.82, 2.24) is 0 Å². The fourth-order valence-electron chi connectivity index (χ4n) is 2.54. The van der Waals surface area contributed by atoms with Gasteiger partial charge in [0, 0.05) is 17.2 Å². The molecule has 6 heteroatoms. The molecule has 1 aromatic carbocycles. The van der Waals surface area contributed by atoms with Crippen LogP contribution < -0.4 is 4.74 Å². The molecule has 1 aliphatic heterocycles. The van der Waals surface area contributed by atoms with Gasteiger partial charge in [-0.15, -0.1) is 0 Å². The molecule has 0 saturated carbocycles. The van der Waals surface area contributed by atoms with Gasteiger partial charge in [-0.25, -0.2) is 14.2 Å². The van der Waals surface area contributed by atoms with Crippen molar-refractivity contribution in [2.24, 2.45) is 4.99 Å². The second-order valence-corrected chi connectivity index (χ2v) is 5.32. The average Bonchev–Trinajstić information content (AvgIpc) is 2.79. The van der Waals surface area contributed by atoms with Gasteiger partial charge in [-0.1, -0.05) is 11.6 Å². The third-order valence-electron chi connectivity index (χ3n) is 3.61. The lowest BCUT2D eigenvalue weighted by atomic mass is 9.93. The van der Waals surface area contributed by atoms with Gasteiger partial charge >= 0.3 is 5.97 Å². The fraction of sp³-hybridized carbons (Fsp3) is 0.333. The summed E-state index contributed by atoms with van der Waals surface area (Å²) in [6, 6.07) is 2.52. The molecule has 3 rings (SSSR count). The van der Waals surface area contributed by atoms with E-state index in [2.05, 4.69) is 4.99 Å². The summed E-state index contributed by atoms with van der Waals surface area (Å²) in [7, 11) is 1.44. The fourth-order valence-corrected chi connectivity index (χ4v) is 2.77. The highest BCUT2D eigenvalue weighted by molar-refractivity contribution is 6.32. The molecule has 0 amide bonds. The van der Waals surface area contributed by atoms with Crippen molar-refractivity contribution in [2.75, 3.05) is 7.11 Å². The Morgan fingerprint density at radius 1 is 1.29 bits per heavy atom. The molecular weight excluding hydrogens is 297 g/mol. The molecule has 0 unspecified atom stereocenters. The zero-order chi connectivity index (χ0) is 15.0. The molecule has 0 spiro atoms. The highest BCUT2D eigenvalue weighted by atomic mass is 35.5. The summed E-state index contributed by atoms with van der Waals surface area (Å²) in [4.78, 5) is 15.9. The number of halogens is 2. The highest BCUT2D eigenvalue weighted by Crippen LogP contribution is 2.36. The van der Waals surface area contributed by atoms with Crippen LogP contribution in [-0.2, 0) is 9.53 Å².